The maximum absolute atomic E-state index is 13.2. The lowest BCUT2D eigenvalue weighted by Gasteiger charge is -2.26. The molecule has 2 atom stereocenters. The summed E-state index contributed by atoms with van der Waals surface area (Å²) in [7, 11) is 1.67. The fourth-order valence-electron chi connectivity index (χ4n) is 2.35. The summed E-state index contributed by atoms with van der Waals surface area (Å²) in [4.78, 5) is 13.9. The molecular weight excluding hydrogens is 317 g/mol. The van der Waals surface area contributed by atoms with Gasteiger partial charge in [0.15, 0.2) is 0 Å². The molecule has 23 heavy (non-hydrogen) atoms. The number of aliphatic hydroxyl groups is 1. The second-order valence-corrected chi connectivity index (χ2v) is 5.95. The number of amides is 1. The lowest BCUT2D eigenvalue weighted by molar-refractivity contribution is -0.134. The first-order valence-corrected chi connectivity index (χ1v) is 7.71. The van der Waals surface area contributed by atoms with E-state index in [1.54, 1.807) is 30.1 Å². The predicted molar refractivity (Wildman–Crippen MR) is 88.6 cm³/mol. The Kier molecular flexibility index (Phi) is 5.74. The molecule has 3 nitrogen and oxygen atoms in total. The van der Waals surface area contributed by atoms with Crippen LogP contribution in [0.25, 0.3) is 0 Å². The normalized spacial score (nSPS) is 13.4. The van der Waals surface area contributed by atoms with Gasteiger partial charge in [-0.05, 0) is 42.3 Å². The fraction of sp³-hybridized carbons (Fsp3) is 0.278. The SMILES string of the molecule is CC(c1cccc(Cl)c1)N(C)C(=O)CC(O)c1cccc(F)c1. The Morgan fingerprint density at radius 2 is 1.87 bits per heavy atom. The first-order valence-electron chi connectivity index (χ1n) is 7.33. The summed E-state index contributed by atoms with van der Waals surface area (Å²) in [5, 5.41) is 10.7. The van der Waals surface area contributed by atoms with E-state index >= 15 is 0 Å². The molecule has 0 bridgehead atoms. The minimum atomic E-state index is -1.03. The van der Waals surface area contributed by atoms with Gasteiger partial charge in [0.1, 0.15) is 5.82 Å². The molecule has 2 rings (SSSR count). The van der Waals surface area contributed by atoms with Crippen molar-refractivity contribution in [1.82, 2.24) is 4.90 Å². The average Bonchev–Trinajstić information content (AvgIpc) is 2.53. The number of halogens is 2. The van der Waals surface area contributed by atoms with Gasteiger partial charge in [-0.1, -0.05) is 35.9 Å². The van der Waals surface area contributed by atoms with E-state index < -0.39 is 11.9 Å². The quantitative estimate of drug-likeness (QED) is 0.892. The van der Waals surface area contributed by atoms with Gasteiger partial charge in [0.2, 0.25) is 5.91 Å². The minimum Gasteiger partial charge on any atom is -0.388 e. The van der Waals surface area contributed by atoms with Gasteiger partial charge in [-0.3, -0.25) is 4.79 Å². The van der Waals surface area contributed by atoms with Crippen molar-refractivity contribution < 1.29 is 14.3 Å². The highest BCUT2D eigenvalue weighted by atomic mass is 35.5. The molecule has 0 aliphatic rings. The predicted octanol–water partition coefficient (Wildman–Crippen LogP) is 4.12. The number of benzene rings is 2. The van der Waals surface area contributed by atoms with Gasteiger partial charge in [-0.2, -0.15) is 0 Å². The number of nitrogens with zero attached hydrogens (tertiary/aromatic N) is 1. The Morgan fingerprint density at radius 1 is 1.22 bits per heavy atom. The Bertz CT molecular complexity index is 692. The van der Waals surface area contributed by atoms with Gasteiger partial charge < -0.3 is 10.0 Å². The Hall–Kier alpha value is -1.91. The van der Waals surface area contributed by atoms with E-state index in [0.29, 0.717) is 10.6 Å². The standard InChI is InChI=1S/C18H19ClFNO2/c1-12(13-5-3-7-15(19)9-13)21(2)18(23)11-17(22)14-6-4-8-16(20)10-14/h3-10,12,17,22H,11H2,1-2H3. The van der Waals surface area contributed by atoms with Crippen LogP contribution in [0.4, 0.5) is 4.39 Å². The van der Waals surface area contributed by atoms with Crippen LogP contribution < -0.4 is 0 Å². The number of carbonyl (C=O) groups is 1. The van der Waals surface area contributed by atoms with Crippen LogP contribution in [0.15, 0.2) is 48.5 Å². The van der Waals surface area contributed by atoms with Crippen molar-refractivity contribution in [2.75, 3.05) is 7.05 Å². The highest BCUT2D eigenvalue weighted by molar-refractivity contribution is 6.30. The molecule has 0 fully saturated rings. The van der Waals surface area contributed by atoms with E-state index in [-0.39, 0.29) is 18.4 Å². The zero-order chi connectivity index (χ0) is 17.0. The van der Waals surface area contributed by atoms with Crippen LogP contribution in [0, 0.1) is 5.82 Å². The molecule has 0 saturated carbocycles. The molecule has 0 aromatic heterocycles. The van der Waals surface area contributed by atoms with E-state index in [1.165, 1.54) is 18.2 Å². The maximum Gasteiger partial charge on any atom is 0.225 e. The van der Waals surface area contributed by atoms with E-state index in [2.05, 4.69) is 0 Å². The molecule has 0 aliphatic heterocycles. The van der Waals surface area contributed by atoms with Gasteiger partial charge >= 0.3 is 0 Å². The molecular formula is C18H19ClFNO2. The highest BCUT2D eigenvalue weighted by Crippen LogP contribution is 2.24. The number of rotatable bonds is 5. The smallest absolute Gasteiger partial charge is 0.225 e. The summed E-state index contributed by atoms with van der Waals surface area (Å²) < 4.78 is 13.2. The van der Waals surface area contributed by atoms with E-state index in [9.17, 15) is 14.3 Å². The van der Waals surface area contributed by atoms with E-state index in [0.717, 1.165) is 5.56 Å². The minimum absolute atomic E-state index is 0.106. The second kappa shape index (κ2) is 7.57. The lowest BCUT2D eigenvalue weighted by Crippen LogP contribution is -2.30. The first-order chi connectivity index (χ1) is 10.9. The van der Waals surface area contributed by atoms with Crippen molar-refractivity contribution in [3.63, 3.8) is 0 Å². The van der Waals surface area contributed by atoms with Crippen molar-refractivity contribution >= 4 is 17.5 Å². The zero-order valence-corrected chi connectivity index (χ0v) is 13.8. The summed E-state index contributed by atoms with van der Waals surface area (Å²) in [5.74, 6) is -0.663. The van der Waals surface area contributed by atoms with Gasteiger partial charge in [0.25, 0.3) is 0 Å². The van der Waals surface area contributed by atoms with E-state index in [1.807, 2.05) is 19.1 Å². The molecule has 0 spiro atoms. The summed E-state index contributed by atoms with van der Waals surface area (Å²) >= 11 is 5.97. The first kappa shape index (κ1) is 17.4. The van der Waals surface area contributed by atoms with Crippen LogP contribution in [-0.4, -0.2) is 23.0 Å². The van der Waals surface area contributed by atoms with Gasteiger partial charge in [0, 0.05) is 12.1 Å². The molecule has 5 heteroatoms. The topological polar surface area (TPSA) is 40.5 Å². The molecule has 0 radical (unpaired) electrons. The van der Waals surface area contributed by atoms with Crippen molar-refractivity contribution in [3.05, 3.63) is 70.5 Å². The number of aliphatic hydroxyl groups excluding tert-OH is 1. The van der Waals surface area contributed by atoms with Gasteiger partial charge in [-0.25, -0.2) is 4.39 Å². The van der Waals surface area contributed by atoms with Crippen LogP contribution in [-0.2, 0) is 4.79 Å². The van der Waals surface area contributed by atoms with Gasteiger partial charge in [0.05, 0.1) is 18.6 Å². The number of carbonyl (C=O) groups excluding carboxylic acids is 1. The Morgan fingerprint density at radius 3 is 2.52 bits per heavy atom. The zero-order valence-electron chi connectivity index (χ0n) is 13.0. The van der Waals surface area contributed by atoms with Crippen LogP contribution in [0.3, 0.4) is 0 Å². The van der Waals surface area contributed by atoms with Crippen molar-refractivity contribution in [2.24, 2.45) is 0 Å². The molecule has 122 valence electrons. The molecule has 1 N–H and O–H groups in total. The van der Waals surface area contributed by atoms with Crippen molar-refractivity contribution in [1.29, 1.82) is 0 Å². The number of hydrogen-bond acceptors (Lipinski definition) is 2. The molecule has 0 saturated heterocycles. The summed E-state index contributed by atoms with van der Waals surface area (Å²) in [6.45, 7) is 1.89. The third-order valence-electron chi connectivity index (χ3n) is 3.91. The Labute approximate surface area is 140 Å². The van der Waals surface area contributed by atoms with Crippen LogP contribution >= 0.6 is 11.6 Å². The molecule has 1 amide bonds. The van der Waals surface area contributed by atoms with Crippen LogP contribution in [0.1, 0.15) is 36.6 Å². The third-order valence-corrected chi connectivity index (χ3v) is 4.14. The molecule has 0 heterocycles. The molecule has 2 unspecified atom stereocenters. The maximum atomic E-state index is 13.2. The number of hydrogen-bond donors (Lipinski definition) is 1. The average molecular weight is 336 g/mol. The van der Waals surface area contributed by atoms with Crippen molar-refractivity contribution in [3.8, 4) is 0 Å². The molecule has 2 aromatic carbocycles. The second-order valence-electron chi connectivity index (χ2n) is 5.51. The monoisotopic (exact) mass is 335 g/mol. The van der Waals surface area contributed by atoms with E-state index in [4.69, 9.17) is 11.6 Å². The summed E-state index contributed by atoms with van der Waals surface area (Å²) in [6.07, 6.45) is -1.14. The van der Waals surface area contributed by atoms with Crippen LogP contribution in [0.5, 0.6) is 0 Å². The fourth-order valence-corrected chi connectivity index (χ4v) is 2.55. The largest absolute Gasteiger partial charge is 0.388 e. The Balaban J connectivity index is 2.04. The lowest BCUT2D eigenvalue weighted by atomic mass is 10.0. The summed E-state index contributed by atoms with van der Waals surface area (Å²) in [6, 6.07) is 12.8. The van der Waals surface area contributed by atoms with Gasteiger partial charge in [-0.15, -0.1) is 0 Å². The molecule has 0 aliphatic carbocycles. The molecule has 2 aromatic rings. The third kappa shape index (κ3) is 4.53. The summed E-state index contributed by atoms with van der Waals surface area (Å²) in [5.41, 5.74) is 1.30. The highest BCUT2D eigenvalue weighted by Gasteiger charge is 2.21. The van der Waals surface area contributed by atoms with Crippen molar-refractivity contribution in [2.45, 2.75) is 25.5 Å². The van der Waals surface area contributed by atoms with Crippen LogP contribution in [0.2, 0.25) is 5.02 Å².